The van der Waals surface area contributed by atoms with Crippen LogP contribution < -0.4 is 0 Å². The van der Waals surface area contributed by atoms with Gasteiger partial charge in [-0.25, -0.2) is 0 Å². The molecule has 1 nitrogen and oxygen atoms in total. The Balaban J connectivity index is 2.06. The van der Waals surface area contributed by atoms with Gasteiger partial charge in [0.05, 0.1) is 0 Å². The van der Waals surface area contributed by atoms with E-state index in [0.717, 1.165) is 18.6 Å². The molecule has 1 aliphatic rings. The molecule has 0 radical (unpaired) electrons. The molecule has 0 fully saturated rings. The lowest BCUT2D eigenvalue weighted by molar-refractivity contribution is 1.32. The first-order valence-corrected chi connectivity index (χ1v) is 5.56. The van der Waals surface area contributed by atoms with E-state index >= 15 is 0 Å². The van der Waals surface area contributed by atoms with Crippen molar-refractivity contribution in [2.45, 2.75) is 12.8 Å². The first kappa shape index (κ1) is 9.34. The minimum Gasteiger partial charge on any atom is -0.309 e. The number of hydrogen-bond donors (Lipinski definition) is 1. The maximum absolute atomic E-state index is 7.71. The Labute approximate surface area is 95.3 Å². The zero-order chi connectivity index (χ0) is 11.0. The molecule has 0 aromatic heterocycles. The lowest BCUT2D eigenvalue weighted by Crippen LogP contribution is -1.91. The molecule has 3 rings (SSSR count). The van der Waals surface area contributed by atoms with Crippen molar-refractivity contribution in [2.24, 2.45) is 0 Å². The molecule has 0 saturated heterocycles. The number of benzene rings is 2. The number of rotatable bonds is 1. The van der Waals surface area contributed by atoms with Crippen molar-refractivity contribution in [1.29, 1.82) is 5.41 Å². The summed E-state index contributed by atoms with van der Waals surface area (Å²) < 4.78 is 0. The second-order valence-corrected chi connectivity index (χ2v) is 4.31. The summed E-state index contributed by atoms with van der Waals surface area (Å²) in [4.78, 5) is 0. The van der Waals surface area contributed by atoms with Crippen LogP contribution in [0.1, 0.15) is 11.1 Å². The number of nitrogens with one attached hydrogen (secondary N) is 1. The van der Waals surface area contributed by atoms with Crippen LogP contribution in [0.25, 0.3) is 11.1 Å². The van der Waals surface area contributed by atoms with Crippen molar-refractivity contribution in [3.8, 4) is 11.1 Å². The maximum atomic E-state index is 7.71. The number of hydrogen-bond acceptors (Lipinski definition) is 1. The molecular formula is C15H13N. The summed E-state index contributed by atoms with van der Waals surface area (Å²) in [5.74, 6) is 0. The van der Waals surface area contributed by atoms with Crippen LogP contribution in [0.2, 0.25) is 0 Å². The summed E-state index contributed by atoms with van der Waals surface area (Å²) in [5, 5.41) is 7.71. The van der Waals surface area contributed by atoms with E-state index in [2.05, 4.69) is 42.5 Å². The van der Waals surface area contributed by atoms with Gasteiger partial charge < -0.3 is 5.41 Å². The van der Waals surface area contributed by atoms with Gasteiger partial charge in [0.25, 0.3) is 0 Å². The zero-order valence-electron chi connectivity index (χ0n) is 9.03. The van der Waals surface area contributed by atoms with E-state index in [1.54, 1.807) is 0 Å². The fourth-order valence-corrected chi connectivity index (χ4v) is 2.30. The van der Waals surface area contributed by atoms with E-state index in [1.807, 2.05) is 6.07 Å². The molecule has 1 heteroatoms. The third-order valence-corrected chi connectivity index (χ3v) is 3.12. The van der Waals surface area contributed by atoms with E-state index in [1.165, 1.54) is 22.3 Å². The van der Waals surface area contributed by atoms with Crippen molar-refractivity contribution in [2.75, 3.05) is 0 Å². The predicted octanol–water partition coefficient (Wildman–Crippen LogP) is 3.47. The van der Waals surface area contributed by atoms with Crippen LogP contribution in [0.4, 0.5) is 0 Å². The molecule has 0 aliphatic heterocycles. The summed E-state index contributed by atoms with van der Waals surface area (Å²) in [7, 11) is 0. The normalized spacial score (nSPS) is 13.9. The molecule has 78 valence electrons. The molecule has 2 aromatic rings. The lowest BCUT2D eigenvalue weighted by Gasteiger charge is -2.04. The largest absolute Gasteiger partial charge is 0.309 e. The third kappa shape index (κ3) is 1.54. The van der Waals surface area contributed by atoms with E-state index < -0.39 is 0 Å². The Morgan fingerprint density at radius 3 is 2.31 bits per heavy atom. The Kier molecular flexibility index (Phi) is 2.10. The molecule has 0 spiro atoms. The molecule has 1 N–H and O–H groups in total. The highest BCUT2D eigenvalue weighted by molar-refractivity contribution is 5.90. The lowest BCUT2D eigenvalue weighted by atomic mass is 10.0. The molecule has 0 atom stereocenters. The standard InChI is InChI=1S/C15H13N/c16-15-9-13-7-6-12(8-14(13)10-15)11-4-2-1-3-5-11/h1-8,16H,9-10H2. The molecular weight excluding hydrogens is 194 g/mol. The van der Waals surface area contributed by atoms with Crippen LogP contribution in [0.15, 0.2) is 48.5 Å². The summed E-state index contributed by atoms with van der Waals surface area (Å²) in [5.41, 5.74) is 5.99. The predicted molar refractivity (Wildman–Crippen MR) is 67.0 cm³/mol. The molecule has 16 heavy (non-hydrogen) atoms. The molecule has 0 heterocycles. The highest BCUT2D eigenvalue weighted by Gasteiger charge is 2.15. The van der Waals surface area contributed by atoms with Crippen LogP contribution in [0.5, 0.6) is 0 Å². The van der Waals surface area contributed by atoms with Gasteiger partial charge >= 0.3 is 0 Å². The second kappa shape index (κ2) is 3.60. The second-order valence-electron chi connectivity index (χ2n) is 4.31. The van der Waals surface area contributed by atoms with E-state index in [0.29, 0.717) is 0 Å². The van der Waals surface area contributed by atoms with E-state index in [4.69, 9.17) is 5.41 Å². The fraction of sp³-hybridized carbons (Fsp3) is 0.133. The minimum atomic E-state index is 0.829. The van der Waals surface area contributed by atoms with Crippen LogP contribution in [0.3, 0.4) is 0 Å². The van der Waals surface area contributed by atoms with Gasteiger partial charge in [-0.2, -0.15) is 0 Å². The molecule has 0 unspecified atom stereocenters. The van der Waals surface area contributed by atoms with Crippen LogP contribution in [-0.4, -0.2) is 5.71 Å². The topological polar surface area (TPSA) is 23.9 Å². The summed E-state index contributed by atoms with van der Waals surface area (Å²) in [6.07, 6.45) is 1.67. The molecule has 0 amide bonds. The molecule has 0 bridgehead atoms. The van der Waals surface area contributed by atoms with E-state index in [-0.39, 0.29) is 0 Å². The smallest absolute Gasteiger partial charge is 0.0177 e. The van der Waals surface area contributed by atoms with Crippen molar-refractivity contribution in [1.82, 2.24) is 0 Å². The van der Waals surface area contributed by atoms with Crippen molar-refractivity contribution in [3.05, 3.63) is 59.7 Å². The van der Waals surface area contributed by atoms with Gasteiger partial charge in [-0.1, -0.05) is 48.5 Å². The Morgan fingerprint density at radius 1 is 0.750 bits per heavy atom. The highest BCUT2D eigenvalue weighted by atomic mass is 14.4. The fourth-order valence-electron chi connectivity index (χ4n) is 2.30. The molecule has 2 aromatic carbocycles. The highest BCUT2D eigenvalue weighted by Crippen LogP contribution is 2.26. The van der Waals surface area contributed by atoms with Gasteiger partial charge in [0.15, 0.2) is 0 Å². The monoisotopic (exact) mass is 207 g/mol. The number of fused-ring (bicyclic) bond motifs is 1. The first-order chi connectivity index (χ1) is 7.83. The summed E-state index contributed by atoms with van der Waals surface area (Å²) in [6.45, 7) is 0. The van der Waals surface area contributed by atoms with Crippen LogP contribution >= 0.6 is 0 Å². The third-order valence-electron chi connectivity index (χ3n) is 3.12. The quantitative estimate of drug-likeness (QED) is 0.740. The summed E-state index contributed by atoms with van der Waals surface area (Å²) >= 11 is 0. The van der Waals surface area contributed by atoms with E-state index in [9.17, 15) is 0 Å². The minimum absolute atomic E-state index is 0.829. The Hall–Kier alpha value is -1.89. The first-order valence-electron chi connectivity index (χ1n) is 5.56. The van der Waals surface area contributed by atoms with Crippen molar-refractivity contribution < 1.29 is 0 Å². The van der Waals surface area contributed by atoms with Gasteiger partial charge in [-0.3, -0.25) is 0 Å². The van der Waals surface area contributed by atoms with Gasteiger partial charge in [0, 0.05) is 18.6 Å². The van der Waals surface area contributed by atoms with Gasteiger partial charge in [-0.15, -0.1) is 0 Å². The Morgan fingerprint density at radius 2 is 1.50 bits per heavy atom. The molecule has 0 saturated carbocycles. The average molecular weight is 207 g/mol. The van der Waals surface area contributed by atoms with Gasteiger partial charge in [0.2, 0.25) is 0 Å². The van der Waals surface area contributed by atoms with Crippen molar-refractivity contribution in [3.63, 3.8) is 0 Å². The average Bonchev–Trinajstić information content (AvgIpc) is 2.69. The zero-order valence-corrected chi connectivity index (χ0v) is 9.03. The maximum Gasteiger partial charge on any atom is 0.0177 e. The van der Waals surface area contributed by atoms with Crippen LogP contribution in [0, 0.1) is 5.41 Å². The summed E-state index contributed by atoms with van der Waals surface area (Å²) in [6, 6.07) is 17.0. The van der Waals surface area contributed by atoms with Crippen molar-refractivity contribution >= 4 is 5.71 Å². The molecule has 1 aliphatic carbocycles. The van der Waals surface area contributed by atoms with Gasteiger partial charge in [-0.05, 0) is 22.3 Å². The van der Waals surface area contributed by atoms with Gasteiger partial charge in [0.1, 0.15) is 0 Å². The Bertz CT molecular complexity index is 541. The SMILES string of the molecule is N=C1Cc2ccc(-c3ccccc3)cc2C1. The van der Waals surface area contributed by atoms with Crippen LogP contribution in [-0.2, 0) is 12.8 Å².